The number of rotatable bonds is 5. The van der Waals surface area contributed by atoms with Gasteiger partial charge in [-0.15, -0.1) is 0 Å². The first-order valence-electron chi connectivity index (χ1n) is 6.61. The van der Waals surface area contributed by atoms with E-state index in [4.69, 9.17) is 4.74 Å². The molecule has 0 bridgehead atoms. The molecule has 0 saturated carbocycles. The van der Waals surface area contributed by atoms with Crippen LogP contribution in [0.25, 0.3) is 0 Å². The molecule has 0 amide bonds. The Kier molecular flexibility index (Phi) is 4.86. The number of anilines is 1. The standard InChI is InChI=1S/C13H20N4O3/c1-15-3-5-16(6-4-15)11-7-13(19)17(14-8-11)9-12(18)10-20-2/h7-8H,3-6,9-10H2,1-2H3. The fraction of sp³-hybridized carbons (Fsp3) is 0.615. The molecule has 7 heteroatoms. The van der Waals surface area contributed by atoms with E-state index in [-0.39, 0.29) is 24.5 Å². The Bertz CT molecular complexity index is 521. The molecule has 0 radical (unpaired) electrons. The van der Waals surface area contributed by atoms with Crippen LogP contribution in [0.2, 0.25) is 0 Å². The van der Waals surface area contributed by atoms with Crippen molar-refractivity contribution >= 4 is 11.5 Å². The third-order valence-electron chi connectivity index (χ3n) is 3.36. The molecule has 110 valence electrons. The number of ketones is 1. The summed E-state index contributed by atoms with van der Waals surface area (Å²) in [5.41, 5.74) is 0.560. The maximum atomic E-state index is 12.0. The van der Waals surface area contributed by atoms with Gasteiger partial charge in [-0.2, -0.15) is 5.10 Å². The first-order chi connectivity index (χ1) is 9.60. The zero-order valence-electron chi connectivity index (χ0n) is 11.9. The molecule has 0 spiro atoms. The van der Waals surface area contributed by atoms with E-state index in [9.17, 15) is 9.59 Å². The average Bonchev–Trinajstić information content (AvgIpc) is 2.42. The molecule has 0 aromatic carbocycles. The molecule has 20 heavy (non-hydrogen) atoms. The van der Waals surface area contributed by atoms with Gasteiger partial charge in [0.1, 0.15) is 13.2 Å². The van der Waals surface area contributed by atoms with Crippen LogP contribution >= 0.6 is 0 Å². The van der Waals surface area contributed by atoms with E-state index in [0.29, 0.717) is 0 Å². The van der Waals surface area contributed by atoms with E-state index >= 15 is 0 Å². The van der Waals surface area contributed by atoms with Crippen LogP contribution in [-0.4, -0.2) is 67.4 Å². The molecule has 0 N–H and O–H groups in total. The van der Waals surface area contributed by atoms with Crippen molar-refractivity contribution in [3.05, 3.63) is 22.6 Å². The number of ether oxygens (including phenoxy) is 1. The van der Waals surface area contributed by atoms with Crippen molar-refractivity contribution in [2.45, 2.75) is 6.54 Å². The smallest absolute Gasteiger partial charge is 0.269 e. The number of hydrogen-bond acceptors (Lipinski definition) is 6. The summed E-state index contributed by atoms with van der Waals surface area (Å²) in [6.45, 7) is 3.64. The predicted molar refractivity (Wildman–Crippen MR) is 75.1 cm³/mol. The summed E-state index contributed by atoms with van der Waals surface area (Å²) >= 11 is 0. The normalized spacial score (nSPS) is 16.4. The summed E-state index contributed by atoms with van der Waals surface area (Å²) < 4.78 is 5.91. The average molecular weight is 280 g/mol. The minimum atomic E-state index is -0.258. The Morgan fingerprint density at radius 1 is 1.35 bits per heavy atom. The summed E-state index contributed by atoms with van der Waals surface area (Å²) in [6.07, 6.45) is 1.65. The second-order valence-corrected chi connectivity index (χ2v) is 4.97. The van der Waals surface area contributed by atoms with Crippen LogP contribution in [0.5, 0.6) is 0 Å². The van der Waals surface area contributed by atoms with E-state index in [2.05, 4.69) is 21.9 Å². The molecule has 0 unspecified atom stereocenters. The highest BCUT2D eigenvalue weighted by Gasteiger charge is 2.15. The number of aromatic nitrogens is 2. The van der Waals surface area contributed by atoms with Gasteiger partial charge in [0, 0.05) is 39.4 Å². The minimum absolute atomic E-state index is 0.00562. The molecule has 1 aliphatic heterocycles. The number of hydrogen-bond donors (Lipinski definition) is 0. The molecular formula is C13H20N4O3. The molecule has 0 atom stereocenters. The summed E-state index contributed by atoms with van der Waals surface area (Å²) in [5.74, 6) is -0.172. The van der Waals surface area contributed by atoms with Gasteiger partial charge in [-0.1, -0.05) is 0 Å². The van der Waals surface area contributed by atoms with Gasteiger partial charge in [-0.3, -0.25) is 9.59 Å². The fourth-order valence-corrected chi connectivity index (χ4v) is 2.15. The number of piperazine rings is 1. The molecule has 1 fully saturated rings. The molecule has 1 aromatic heterocycles. The number of Topliss-reactive ketones (excluding diaryl/α,β-unsaturated/α-hetero) is 1. The monoisotopic (exact) mass is 280 g/mol. The molecule has 2 rings (SSSR count). The van der Waals surface area contributed by atoms with Crippen molar-refractivity contribution in [3.63, 3.8) is 0 Å². The van der Waals surface area contributed by atoms with Crippen molar-refractivity contribution in [2.24, 2.45) is 0 Å². The Hall–Kier alpha value is -1.73. The predicted octanol–water partition coefficient (Wildman–Crippen LogP) is -0.789. The van der Waals surface area contributed by atoms with Gasteiger partial charge >= 0.3 is 0 Å². The second-order valence-electron chi connectivity index (χ2n) is 4.97. The highest BCUT2D eigenvalue weighted by atomic mass is 16.5. The van der Waals surface area contributed by atoms with Gasteiger partial charge in [-0.25, -0.2) is 4.68 Å². The third-order valence-corrected chi connectivity index (χ3v) is 3.36. The van der Waals surface area contributed by atoms with E-state index in [1.54, 1.807) is 12.3 Å². The maximum Gasteiger partial charge on any atom is 0.269 e. The highest BCUT2D eigenvalue weighted by Crippen LogP contribution is 2.11. The van der Waals surface area contributed by atoms with Gasteiger partial charge in [0.05, 0.1) is 11.9 Å². The summed E-state index contributed by atoms with van der Waals surface area (Å²) in [6, 6.07) is 1.54. The van der Waals surface area contributed by atoms with Gasteiger partial charge in [0.15, 0.2) is 5.78 Å². The third kappa shape index (κ3) is 3.64. The SMILES string of the molecule is COCC(=O)Cn1ncc(N2CCN(C)CC2)cc1=O. The number of methoxy groups -OCH3 is 1. The van der Waals surface area contributed by atoms with Crippen molar-refractivity contribution < 1.29 is 9.53 Å². The zero-order chi connectivity index (χ0) is 14.5. The van der Waals surface area contributed by atoms with Crippen molar-refractivity contribution in [1.82, 2.24) is 14.7 Å². The minimum Gasteiger partial charge on any atom is -0.377 e. The number of carbonyl (C=O) groups excluding carboxylic acids is 1. The lowest BCUT2D eigenvalue weighted by atomic mass is 10.3. The van der Waals surface area contributed by atoms with Crippen LogP contribution in [-0.2, 0) is 16.1 Å². The zero-order valence-corrected chi connectivity index (χ0v) is 11.9. The Morgan fingerprint density at radius 2 is 2.05 bits per heavy atom. The van der Waals surface area contributed by atoms with Crippen molar-refractivity contribution in [2.75, 3.05) is 51.8 Å². The summed E-state index contributed by atoms with van der Waals surface area (Å²) in [7, 11) is 3.53. The highest BCUT2D eigenvalue weighted by molar-refractivity contribution is 5.79. The molecular weight excluding hydrogens is 260 g/mol. The Balaban J connectivity index is 2.06. The van der Waals surface area contributed by atoms with Gasteiger partial charge in [0.25, 0.3) is 5.56 Å². The Labute approximate surface area is 117 Å². The van der Waals surface area contributed by atoms with Gasteiger partial charge < -0.3 is 14.5 Å². The molecule has 1 saturated heterocycles. The number of likely N-dealkylation sites (N-methyl/N-ethyl adjacent to an activating group) is 1. The lowest BCUT2D eigenvalue weighted by Crippen LogP contribution is -2.45. The van der Waals surface area contributed by atoms with Crippen LogP contribution in [0, 0.1) is 0 Å². The van der Waals surface area contributed by atoms with E-state index in [0.717, 1.165) is 31.9 Å². The van der Waals surface area contributed by atoms with Crippen LogP contribution < -0.4 is 10.5 Å². The van der Waals surface area contributed by atoms with Crippen LogP contribution in [0.4, 0.5) is 5.69 Å². The first kappa shape index (κ1) is 14.7. The first-order valence-corrected chi connectivity index (χ1v) is 6.61. The second kappa shape index (κ2) is 6.62. The molecule has 1 aliphatic rings. The van der Waals surface area contributed by atoms with Gasteiger partial charge in [-0.05, 0) is 7.05 Å². The van der Waals surface area contributed by atoms with Gasteiger partial charge in [0.2, 0.25) is 0 Å². The fourth-order valence-electron chi connectivity index (χ4n) is 2.15. The lowest BCUT2D eigenvalue weighted by Gasteiger charge is -2.33. The summed E-state index contributed by atoms with van der Waals surface area (Å²) in [5, 5.41) is 4.07. The lowest BCUT2D eigenvalue weighted by molar-refractivity contribution is -0.123. The van der Waals surface area contributed by atoms with Crippen molar-refractivity contribution in [1.29, 1.82) is 0 Å². The number of nitrogens with zero attached hydrogens (tertiary/aromatic N) is 4. The van der Waals surface area contributed by atoms with E-state index in [1.807, 2.05) is 0 Å². The van der Waals surface area contributed by atoms with Crippen molar-refractivity contribution in [3.8, 4) is 0 Å². The number of carbonyl (C=O) groups is 1. The largest absolute Gasteiger partial charge is 0.377 e. The van der Waals surface area contributed by atoms with Crippen LogP contribution in [0.1, 0.15) is 0 Å². The quantitative estimate of drug-likeness (QED) is 0.704. The molecule has 2 heterocycles. The Morgan fingerprint density at radius 3 is 2.65 bits per heavy atom. The maximum absolute atomic E-state index is 12.0. The van der Waals surface area contributed by atoms with E-state index < -0.39 is 0 Å². The van der Waals surface area contributed by atoms with Crippen LogP contribution in [0.3, 0.4) is 0 Å². The van der Waals surface area contributed by atoms with Crippen LogP contribution in [0.15, 0.2) is 17.1 Å². The topological polar surface area (TPSA) is 67.7 Å². The molecule has 0 aliphatic carbocycles. The summed E-state index contributed by atoms with van der Waals surface area (Å²) in [4.78, 5) is 27.8. The molecule has 7 nitrogen and oxygen atoms in total. The molecule has 1 aromatic rings. The van der Waals surface area contributed by atoms with E-state index in [1.165, 1.54) is 11.8 Å².